The van der Waals surface area contributed by atoms with Crippen LogP contribution in [0.4, 0.5) is 0 Å². The number of hydrogen-bond donors (Lipinski definition) is 1. The highest BCUT2D eigenvalue weighted by Gasteiger charge is 2.11. The Bertz CT molecular complexity index is 777. The third-order valence-electron chi connectivity index (χ3n) is 2.74. The van der Waals surface area contributed by atoms with Crippen molar-refractivity contribution in [1.29, 1.82) is 0 Å². The molecule has 2 aromatic heterocycles. The maximum Gasteiger partial charge on any atom is 0.355 e. The Morgan fingerprint density at radius 1 is 1.39 bits per heavy atom. The quantitative estimate of drug-likeness (QED) is 0.728. The lowest BCUT2D eigenvalue weighted by Crippen LogP contribution is -2.23. The number of imidazole rings is 1. The zero-order valence-corrected chi connectivity index (χ0v) is 10.3. The number of hydrogen-bond acceptors (Lipinski definition) is 3. The molecule has 0 radical (unpaired) electrons. The highest BCUT2D eigenvalue weighted by Crippen LogP contribution is 2.21. The van der Waals surface area contributed by atoms with E-state index in [0.29, 0.717) is 22.2 Å². The Morgan fingerprint density at radius 3 is 2.94 bits per heavy atom. The molecule has 90 valence electrons. The molecule has 0 aliphatic carbocycles. The molecule has 1 N–H and O–H groups in total. The van der Waals surface area contributed by atoms with Gasteiger partial charge in [0.05, 0.1) is 11.2 Å². The zero-order chi connectivity index (χ0) is 12.7. The summed E-state index contributed by atoms with van der Waals surface area (Å²) < 4.78 is 1.41. The first kappa shape index (κ1) is 11.0. The van der Waals surface area contributed by atoms with Gasteiger partial charge in [-0.2, -0.15) is 4.98 Å². The van der Waals surface area contributed by atoms with Crippen molar-refractivity contribution in [3.05, 3.63) is 51.8 Å². The molecule has 0 spiro atoms. The third kappa shape index (κ3) is 1.60. The number of aromatic amines is 1. The van der Waals surface area contributed by atoms with Gasteiger partial charge in [0.1, 0.15) is 0 Å². The molecule has 0 atom stereocenters. The molecular weight excluding hydrogens is 252 g/mol. The molecule has 0 aliphatic heterocycles. The molecule has 2 heterocycles. The van der Waals surface area contributed by atoms with Gasteiger partial charge in [-0.3, -0.25) is 0 Å². The number of halogens is 1. The highest BCUT2D eigenvalue weighted by atomic mass is 35.5. The third-order valence-corrected chi connectivity index (χ3v) is 2.98. The fourth-order valence-electron chi connectivity index (χ4n) is 1.94. The van der Waals surface area contributed by atoms with Crippen LogP contribution in [0.15, 0.2) is 35.4 Å². The van der Waals surface area contributed by atoms with Crippen molar-refractivity contribution in [2.75, 3.05) is 0 Å². The first-order valence-electron chi connectivity index (χ1n) is 5.35. The molecule has 0 fully saturated rings. The molecule has 0 aliphatic rings. The predicted molar refractivity (Wildman–Crippen MR) is 69.2 cm³/mol. The summed E-state index contributed by atoms with van der Waals surface area (Å²) in [6.45, 7) is 1.80. The number of fused-ring (bicyclic) bond motifs is 1. The van der Waals surface area contributed by atoms with E-state index in [0.717, 1.165) is 5.39 Å². The maximum absolute atomic E-state index is 12.0. The Kier molecular flexibility index (Phi) is 2.41. The van der Waals surface area contributed by atoms with E-state index < -0.39 is 0 Å². The first-order valence-corrected chi connectivity index (χ1v) is 5.73. The second-order valence-corrected chi connectivity index (χ2v) is 4.33. The van der Waals surface area contributed by atoms with Crippen LogP contribution in [0.5, 0.6) is 0 Å². The second kappa shape index (κ2) is 3.96. The predicted octanol–water partition coefficient (Wildman–Crippen LogP) is 2.07. The summed E-state index contributed by atoms with van der Waals surface area (Å²) in [5.41, 5.74) is 0.988. The largest absolute Gasteiger partial charge is 0.355 e. The molecule has 0 bridgehead atoms. The number of nitrogens with zero attached hydrogens (tertiary/aromatic N) is 3. The van der Waals surface area contributed by atoms with Crippen molar-refractivity contribution in [1.82, 2.24) is 19.5 Å². The summed E-state index contributed by atoms with van der Waals surface area (Å²) in [5.74, 6) is 0.430. The summed E-state index contributed by atoms with van der Waals surface area (Å²) in [6, 6.07) is 5.35. The standard InChI is InChI=1S/C12H9ClN4O/c1-7-9-3-2-8(13)6-10(9)17(12(18)16-7)11-14-4-5-15-11/h2-6H,1H3,(H,14,15). The molecule has 3 rings (SSSR count). The van der Waals surface area contributed by atoms with Gasteiger partial charge in [0.25, 0.3) is 0 Å². The van der Waals surface area contributed by atoms with Gasteiger partial charge < -0.3 is 4.98 Å². The van der Waals surface area contributed by atoms with Gasteiger partial charge >= 0.3 is 5.69 Å². The summed E-state index contributed by atoms with van der Waals surface area (Å²) >= 11 is 5.99. The normalized spacial score (nSPS) is 11.0. The number of nitrogens with one attached hydrogen (secondary N) is 1. The van der Waals surface area contributed by atoms with Crippen LogP contribution < -0.4 is 5.69 Å². The van der Waals surface area contributed by atoms with E-state index in [-0.39, 0.29) is 5.69 Å². The number of rotatable bonds is 1. The van der Waals surface area contributed by atoms with E-state index in [1.807, 2.05) is 6.07 Å². The summed E-state index contributed by atoms with van der Waals surface area (Å²) in [7, 11) is 0. The molecule has 0 saturated heterocycles. The minimum atomic E-state index is -0.378. The minimum Gasteiger partial charge on any atom is -0.330 e. The molecule has 0 amide bonds. The topological polar surface area (TPSA) is 63.6 Å². The van der Waals surface area contributed by atoms with Crippen molar-refractivity contribution in [3.63, 3.8) is 0 Å². The lowest BCUT2D eigenvalue weighted by atomic mass is 10.2. The second-order valence-electron chi connectivity index (χ2n) is 3.89. The Morgan fingerprint density at radius 2 is 2.22 bits per heavy atom. The Hall–Kier alpha value is -2.14. The molecule has 18 heavy (non-hydrogen) atoms. The van der Waals surface area contributed by atoms with Gasteiger partial charge in [-0.1, -0.05) is 11.6 Å². The van der Waals surface area contributed by atoms with Gasteiger partial charge in [-0.05, 0) is 25.1 Å². The van der Waals surface area contributed by atoms with Crippen molar-refractivity contribution in [2.24, 2.45) is 0 Å². The summed E-state index contributed by atoms with van der Waals surface area (Å²) in [6.07, 6.45) is 3.23. The number of H-pyrrole nitrogens is 1. The molecule has 3 aromatic rings. The van der Waals surface area contributed by atoms with E-state index in [1.165, 1.54) is 4.57 Å². The number of aromatic nitrogens is 4. The van der Waals surface area contributed by atoms with Crippen LogP contribution >= 0.6 is 11.6 Å². The van der Waals surface area contributed by atoms with Crippen LogP contribution in [0.2, 0.25) is 5.02 Å². The molecule has 1 aromatic carbocycles. The van der Waals surface area contributed by atoms with Crippen LogP contribution in [-0.2, 0) is 0 Å². The average molecular weight is 261 g/mol. The van der Waals surface area contributed by atoms with Gasteiger partial charge in [0.2, 0.25) is 5.95 Å². The number of benzene rings is 1. The molecule has 0 saturated carbocycles. The highest BCUT2D eigenvalue weighted by molar-refractivity contribution is 6.31. The lowest BCUT2D eigenvalue weighted by molar-refractivity contribution is 0.887. The van der Waals surface area contributed by atoms with Crippen LogP contribution in [0.3, 0.4) is 0 Å². The molecular formula is C12H9ClN4O. The van der Waals surface area contributed by atoms with E-state index in [9.17, 15) is 4.79 Å². The van der Waals surface area contributed by atoms with E-state index in [2.05, 4.69) is 15.0 Å². The van der Waals surface area contributed by atoms with Gasteiger partial charge in [-0.25, -0.2) is 14.3 Å². The van der Waals surface area contributed by atoms with Crippen molar-refractivity contribution < 1.29 is 0 Å². The Balaban J connectivity index is 2.51. The van der Waals surface area contributed by atoms with Crippen LogP contribution in [0.25, 0.3) is 16.9 Å². The lowest BCUT2D eigenvalue weighted by Gasteiger charge is -2.08. The van der Waals surface area contributed by atoms with Crippen molar-refractivity contribution >= 4 is 22.5 Å². The maximum atomic E-state index is 12.0. The van der Waals surface area contributed by atoms with E-state index >= 15 is 0 Å². The van der Waals surface area contributed by atoms with Crippen LogP contribution in [0, 0.1) is 6.92 Å². The number of aryl methyl sites for hydroxylation is 1. The average Bonchev–Trinajstić information content (AvgIpc) is 2.82. The van der Waals surface area contributed by atoms with Gasteiger partial charge in [0.15, 0.2) is 0 Å². The Labute approximate surface area is 107 Å². The van der Waals surface area contributed by atoms with Gasteiger partial charge in [0, 0.05) is 22.8 Å². The molecule has 0 unspecified atom stereocenters. The zero-order valence-electron chi connectivity index (χ0n) is 9.51. The summed E-state index contributed by atoms with van der Waals surface area (Å²) in [5, 5.41) is 1.43. The first-order chi connectivity index (χ1) is 8.66. The summed E-state index contributed by atoms with van der Waals surface area (Å²) in [4.78, 5) is 23.0. The molecule has 5 nitrogen and oxygen atoms in total. The monoisotopic (exact) mass is 260 g/mol. The van der Waals surface area contributed by atoms with E-state index in [1.54, 1.807) is 31.5 Å². The smallest absolute Gasteiger partial charge is 0.330 e. The SMILES string of the molecule is Cc1nc(=O)n(-c2ncc[nH]2)c2cc(Cl)ccc12. The molecule has 6 heteroatoms. The van der Waals surface area contributed by atoms with Crippen molar-refractivity contribution in [2.45, 2.75) is 6.92 Å². The van der Waals surface area contributed by atoms with Crippen LogP contribution in [0.1, 0.15) is 5.69 Å². The fourth-order valence-corrected chi connectivity index (χ4v) is 2.10. The fraction of sp³-hybridized carbons (Fsp3) is 0.0833. The van der Waals surface area contributed by atoms with Gasteiger partial charge in [-0.15, -0.1) is 0 Å². The van der Waals surface area contributed by atoms with Crippen LogP contribution in [-0.4, -0.2) is 19.5 Å². The van der Waals surface area contributed by atoms with Crippen molar-refractivity contribution in [3.8, 4) is 5.95 Å². The van der Waals surface area contributed by atoms with E-state index in [4.69, 9.17) is 11.6 Å². The minimum absolute atomic E-state index is 0.378.